The lowest BCUT2D eigenvalue weighted by Gasteiger charge is -2.19. The monoisotopic (exact) mass is 469 g/mol. The summed E-state index contributed by atoms with van der Waals surface area (Å²) in [5.74, 6) is 1.70. The molecular formula is C15H28IN5O2S. The average molecular weight is 469 g/mol. The zero-order valence-corrected chi connectivity index (χ0v) is 18.1. The largest absolute Gasteiger partial charge is 0.362 e. The van der Waals surface area contributed by atoms with Crippen LogP contribution in [0.5, 0.6) is 0 Å². The number of hydrogen-bond donors (Lipinski definition) is 2. The van der Waals surface area contributed by atoms with Crippen LogP contribution < -0.4 is 15.5 Å². The zero-order valence-electron chi connectivity index (χ0n) is 14.9. The number of nitrogens with zero attached hydrogens (tertiary/aromatic N) is 3. The molecule has 0 amide bonds. The molecule has 0 aliphatic heterocycles. The summed E-state index contributed by atoms with van der Waals surface area (Å²) in [4.78, 5) is 10.5. The van der Waals surface area contributed by atoms with Crippen LogP contribution in [0.25, 0.3) is 0 Å². The number of sulfone groups is 1. The molecule has 0 fully saturated rings. The van der Waals surface area contributed by atoms with E-state index in [1.807, 2.05) is 38.1 Å². The Balaban J connectivity index is 0.00000529. The van der Waals surface area contributed by atoms with Crippen molar-refractivity contribution in [3.05, 3.63) is 23.9 Å². The molecule has 9 heteroatoms. The van der Waals surface area contributed by atoms with Crippen molar-refractivity contribution in [2.75, 3.05) is 38.1 Å². The zero-order chi connectivity index (χ0) is 17.5. The van der Waals surface area contributed by atoms with E-state index in [1.54, 1.807) is 13.2 Å². The molecule has 1 aromatic heterocycles. The normalized spacial score (nSPS) is 13.0. The van der Waals surface area contributed by atoms with Crippen LogP contribution in [0.3, 0.4) is 0 Å². The topological polar surface area (TPSA) is 86.7 Å². The Kier molecular flexibility index (Phi) is 10.2. The van der Waals surface area contributed by atoms with Crippen LogP contribution in [0.15, 0.2) is 23.3 Å². The summed E-state index contributed by atoms with van der Waals surface area (Å²) >= 11 is 0. The van der Waals surface area contributed by atoms with Gasteiger partial charge in [-0.25, -0.2) is 13.4 Å². The van der Waals surface area contributed by atoms with E-state index in [0.29, 0.717) is 18.9 Å². The molecule has 7 nitrogen and oxygen atoms in total. The van der Waals surface area contributed by atoms with Crippen molar-refractivity contribution in [1.29, 1.82) is 0 Å². The van der Waals surface area contributed by atoms with E-state index in [2.05, 4.69) is 20.6 Å². The molecule has 0 saturated heterocycles. The van der Waals surface area contributed by atoms with Gasteiger partial charge in [0.15, 0.2) is 5.96 Å². The molecule has 0 aromatic carbocycles. The van der Waals surface area contributed by atoms with E-state index < -0.39 is 9.84 Å². The lowest BCUT2D eigenvalue weighted by atomic mass is 10.2. The summed E-state index contributed by atoms with van der Waals surface area (Å²) in [6.07, 6.45) is 3.55. The first-order chi connectivity index (χ1) is 10.7. The number of rotatable bonds is 7. The van der Waals surface area contributed by atoms with Gasteiger partial charge in [0.2, 0.25) is 0 Å². The molecule has 2 N–H and O–H groups in total. The fraction of sp³-hybridized carbons (Fsp3) is 0.600. The Hall–Kier alpha value is -1.10. The number of aliphatic imine (C=N–C) groups is 1. The molecule has 0 saturated carbocycles. The van der Waals surface area contributed by atoms with Crippen LogP contribution in [-0.4, -0.2) is 58.6 Å². The van der Waals surface area contributed by atoms with Gasteiger partial charge < -0.3 is 15.5 Å². The third kappa shape index (κ3) is 8.67. The second-order valence-corrected chi connectivity index (χ2v) is 8.03. The van der Waals surface area contributed by atoms with Gasteiger partial charge >= 0.3 is 0 Å². The predicted molar refractivity (Wildman–Crippen MR) is 111 cm³/mol. The van der Waals surface area contributed by atoms with Crippen molar-refractivity contribution in [1.82, 2.24) is 15.6 Å². The third-order valence-corrected chi connectivity index (χ3v) is 4.24. The van der Waals surface area contributed by atoms with Crippen LogP contribution in [0.1, 0.15) is 18.9 Å². The maximum atomic E-state index is 11.2. The van der Waals surface area contributed by atoms with Crippen LogP contribution in [0.2, 0.25) is 0 Å². The first kappa shape index (κ1) is 22.9. The van der Waals surface area contributed by atoms with Crippen LogP contribution in [0.4, 0.5) is 5.82 Å². The summed E-state index contributed by atoms with van der Waals surface area (Å²) in [5, 5.41) is 6.43. The van der Waals surface area contributed by atoms with Crippen LogP contribution in [0, 0.1) is 0 Å². The van der Waals surface area contributed by atoms with Crippen LogP contribution in [-0.2, 0) is 16.4 Å². The summed E-state index contributed by atoms with van der Waals surface area (Å²) in [7, 11) is 2.64. The van der Waals surface area contributed by atoms with Crippen LogP contribution >= 0.6 is 24.0 Å². The number of pyridine rings is 1. The third-order valence-electron chi connectivity index (χ3n) is 3.27. The van der Waals surface area contributed by atoms with Gasteiger partial charge in [-0.1, -0.05) is 6.07 Å². The minimum atomic E-state index is -2.95. The molecule has 0 bridgehead atoms. The van der Waals surface area contributed by atoms with Gasteiger partial charge in [-0.15, -0.1) is 24.0 Å². The Labute approximate surface area is 162 Å². The molecule has 0 aliphatic rings. The molecule has 0 aliphatic carbocycles. The lowest BCUT2D eigenvalue weighted by molar-refractivity contribution is 0.581. The molecule has 1 atom stereocenters. The molecule has 0 radical (unpaired) electrons. The van der Waals surface area contributed by atoms with E-state index in [0.717, 1.165) is 11.4 Å². The highest BCUT2D eigenvalue weighted by Gasteiger charge is 2.10. The number of halogens is 1. The van der Waals surface area contributed by atoms with Gasteiger partial charge in [-0.2, -0.15) is 0 Å². The number of nitrogens with one attached hydrogen (secondary N) is 2. The van der Waals surface area contributed by atoms with Gasteiger partial charge in [-0.05, 0) is 19.4 Å². The van der Waals surface area contributed by atoms with E-state index in [1.165, 1.54) is 6.26 Å². The van der Waals surface area contributed by atoms with Gasteiger partial charge in [0.05, 0.1) is 5.75 Å². The summed E-state index contributed by atoms with van der Waals surface area (Å²) in [6, 6.07) is 3.92. The first-order valence-corrected chi connectivity index (χ1v) is 9.55. The maximum absolute atomic E-state index is 11.2. The molecule has 138 valence electrons. The van der Waals surface area contributed by atoms with Gasteiger partial charge in [0, 0.05) is 51.7 Å². The molecule has 24 heavy (non-hydrogen) atoms. The van der Waals surface area contributed by atoms with E-state index in [-0.39, 0.29) is 35.8 Å². The number of anilines is 1. The number of guanidine groups is 1. The second-order valence-electron chi connectivity index (χ2n) is 5.77. The average Bonchev–Trinajstić information content (AvgIpc) is 2.48. The van der Waals surface area contributed by atoms with Crippen molar-refractivity contribution in [2.45, 2.75) is 25.9 Å². The van der Waals surface area contributed by atoms with Crippen molar-refractivity contribution in [3.8, 4) is 0 Å². The highest BCUT2D eigenvalue weighted by molar-refractivity contribution is 14.0. The first-order valence-electron chi connectivity index (χ1n) is 7.49. The fourth-order valence-electron chi connectivity index (χ4n) is 2.04. The molecule has 1 heterocycles. The molecule has 1 rings (SSSR count). The number of aromatic nitrogens is 1. The van der Waals surface area contributed by atoms with E-state index >= 15 is 0 Å². The Bertz CT molecular complexity index is 635. The SMILES string of the molecule is CN=C(NCc1cccnc1N(C)C)NC(C)CCS(C)(=O)=O.I. The smallest absolute Gasteiger partial charge is 0.191 e. The van der Waals surface area contributed by atoms with Crippen molar-refractivity contribution < 1.29 is 8.42 Å². The second kappa shape index (κ2) is 10.7. The summed E-state index contributed by atoms with van der Waals surface area (Å²) < 4.78 is 22.4. The Morgan fingerprint density at radius 2 is 2.08 bits per heavy atom. The van der Waals surface area contributed by atoms with Crippen molar-refractivity contribution in [2.24, 2.45) is 4.99 Å². The minimum absolute atomic E-state index is 0. The van der Waals surface area contributed by atoms with Gasteiger partial charge in [0.1, 0.15) is 15.7 Å². The standard InChI is InChI=1S/C15H27N5O2S.HI/c1-12(8-10-23(5,21)22)19-15(16-2)18-11-13-7-6-9-17-14(13)20(3)4;/h6-7,9,12H,8,10-11H2,1-5H3,(H2,16,18,19);1H. The van der Waals surface area contributed by atoms with Crippen molar-refractivity contribution in [3.63, 3.8) is 0 Å². The molecule has 1 unspecified atom stereocenters. The van der Waals surface area contributed by atoms with Crippen molar-refractivity contribution >= 4 is 45.6 Å². The molecule has 1 aromatic rings. The summed E-state index contributed by atoms with van der Waals surface area (Å²) in [6.45, 7) is 2.52. The quantitative estimate of drug-likeness (QED) is 0.355. The Morgan fingerprint density at radius 1 is 1.42 bits per heavy atom. The van der Waals surface area contributed by atoms with E-state index in [4.69, 9.17) is 0 Å². The van der Waals surface area contributed by atoms with Gasteiger partial charge in [-0.3, -0.25) is 4.99 Å². The highest BCUT2D eigenvalue weighted by Crippen LogP contribution is 2.13. The Morgan fingerprint density at radius 3 is 2.62 bits per heavy atom. The lowest BCUT2D eigenvalue weighted by Crippen LogP contribution is -2.42. The number of hydrogen-bond acceptors (Lipinski definition) is 5. The van der Waals surface area contributed by atoms with E-state index in [9.17, 15) is 8.42 Å². The predicted octanol–water partition coefficient (Wildman–Crippen LogP) is 1.25. The maximum Gasteiger partial charge on any atom is 0.191 e. The molecule has 0 spiro atoms. The van der Waals surface area contributed by atoms with Gasteiger partial charge in [0.25, 0.3) is 0 Å². The minimum Gasteiger partial charge on any atom is -0.362 e. The fourth-order valence-corrected chi connectivity index (χ4v) is 2.82. The molecular weight excluding hydrogens is 441 g/mol. The summed E-state index contributed by atoms with van der Waals surface area (Å²) in [5.41, 5.74) is 1.06. The highest BCUT2D eigenvalue weighted by atomic mass is 127.